The molecule has 0 bridgehead atoms. The lowest BCUT2D eigenvalue weighted by molar-refractivity contribution is -0.118. The molecule has 1 rings (SSSR count). The van der Waals surface area contributed by atoms with E-state index in [1.165, 1.54) is 4.90 Å². The van der Waals surface area contributed by atoms with Gasteiger partial charge in [0.25, 0.3) is 5.91 Å². The number of anilines is 1. The number of para-hydroxylation sites is 1. The predicted molar refractivity (Wildman–Crippen MR) is 97.1 cm³/mol. The van der Waals surface area contributed by atoms with Gasteiger partial charge in [-0.3, -0.25) is 9.59 Å². The van der Waals surface area contributed by atoms with E-state index >= 15 is 0 Å². The highest BCUT2D eigenvalue weighted by Gasteiger charge is 2.31. The smallest absolute Gasteiger partial charge is 0.253 e. The van der Waals surface area contributed by atoms with Gasteiger partial charge >= 0.3 is 0 Å². The molecular weight excluding hydrogens is 304 g/mol. The fourth-order valence-electron chi connectivity index (χ4n) is 2.74. The highest BCUT2D eigenvalue weighted by molar-refractivity contribution is 6.04. The Morgan fingerprint density at radius 1 is 1.25 bits per heavy atom. The second-order valence-corrected chi connectivity index (χ2v) is 7.18. The highest BCUT2D eigenvalue weighted by Crippen LogP contribution is 2.26. The maximum Gasteiger partial charge on any atom is 0.253 e. The van der Waals surface area contributed by atoms with Crippen LogP contribution in [0.3, 0.4) is 0 Å². The third kappa shape index (κ3) is 4.81. The van der Waals surface area contributed by atoms with Gasteiger partial charge in [-0.1, -0.05) is 46.8 Å². The van der Waals surface area contributed by atoms with Crippen LogP contribution in [0.15, 0.2) is 24.3 Å². The van der Waals surface area contributed by atoms with Gasteiger partial charge in [-0.2, -0.15) is 0 Å². The lowest BCUT2D eigenvalue weighted by Gasteiger charge is -2.33. The van der Waals surface area contributed by atoms with Gasteiger partial charge < -0.3 is 15.3 Å². The molecule has 0 radical (unpaired) electrons. The summed E-state index contributed by atoms with van der Waals surface area (Å²) in [6.45, 7) is 9.90. The fourth-order valence-corrected chi connectivity index (χ4v) is 2.74. The number of carbonyl (C=O) groups excluding carboxylic acids is 2. The summed E-state index contributed by atoms with van der Waals surface area (Å²) in [6.07, 6.45) is -0.141. The van der Waals surface area contributed by atoms with Crippen LogP contribution in [0.25, 0.3) is 0 Å². The Bertz CT molecular complexity index is 582. The van der Waals surface area contributed by atoms with Crippen LogP contribution in [-0.2, 0) is 4.79 Å². The number of benzene rings is 1. The SMILES string of the molecule is CCC(=O)N(C)c1ccccc1C(=O)NCC(C)(C)C(O)C(C)C. The molecule has 0 spiro atoms. The van der Waals surface area contributed by atoms with Crippen LogP contribution >= 0.6 is 0 Å². The second kappa shape index (κ2) is 8.29. The van der Waals surface area contributed by atoms with Crippen molar-refractivity contribution in [2.24, 2.45) is 11.3 Å². The van der Waals surface area contributed by atoms with Crippen molar-refractivity contribution in [3.63, 3.8) is 0 Å². The van der Waals surface area contributed by atoms with Crippen LogP contribution in [0.1, 0.15) is 51.4 Å². The Morgan fingerprint density at radius 3 is 2.38 bits per heavy atom. The Labute approximate surface area is 145 Å². The minimum atomic E-state index is -0.516. The zero-order valence-electron chi connectivity index (χ0n) is 15.6. The van der Waals surface area contributed by atoms with Gasteiger partial charge in [0.1, 0.15) is 0 Å². The number of aliphatic hydroxyl groups is 1. The number of carbonyl (C=O) groups is 2. The van der Waals surface area contributed by atoms with Crippen molar-refractivity contribution in [2.45, 2.75) is 47.1 Å². The van der Waals surface area contributed by atoms with Crippen molar-refractivity contribution in [3.8, 4) is 0 Å². The molecule has 0 aliphatic rings. The van der Waals surface area contributed by atoms with Crippen LogP contribution in [0, 0.1) is 11.3 Å². The third-order valence-electron chi connectivity index (χ3n) is 4.32. The van der Waals surface area contributed by atoms with Crippen molar-refractivity contribution in [1.29, 1.82) is 0 Å². The molecule has 0 heterocycles. The number of nitrogens with one attached hydrogen (secondary N) is 1. The molecule has 1 atom stereocenters. The first-order valence-electron chi connectivity index (χ1n) is 8.43. The van der Waals surface area contributed by atoms with Crippen LogP contribution < -0.4 is 10.2 Å². The summed E-state index contributed by atoms with van der Waals surface area (Å²) < 4.78 is 0. The summed E-state index contributed by atoms with van der Waals surface area (Å²) >= 11 is 0. The van der Waals surface area contributed by atoms with E-state index in [0.717, 1.165) is 0 Å². The molecule has 24 heavy (non-hydrogen) atoms. The summed E-state index contributed by atoms with van der Waals surface area (Å²) in [5, 5.41) is 13.2. The van der Waals surface area contributed by atoms with Gasteiger partial charge in [0.05, 0.1) is 17.4 Å². The van der Waals surface area contributed by atoms with Crippen LogP contribution in [0.2, 0.25) is 0 Å². The van der Waals surface area contributed by atoms with Crippen molar-refractivity contribution >= 4 is 17.5 Å². The summed E-state index contributed by atoms with van der Waals surface area (Å²) in [6, 6.07) is 7.04. The minimum Gasteiger partial charge on any atom is -0.392 e. The predicted octanol–water partition coefficient (Wildman–Crippen LogP) is 2.83. The lowest BCUT2D eigenvalue weighted by Crippen LogP contribution is -2.43. The molecule has 0 aliphatic heterocycles. The van der Waals surface area contributed by atoms with Gasteiger partial charge in [-0.15, -0.1) is 0 Å². The van der Waals surface area contributed by atoms with Crippen molar-refractivity contribution in [1.82, 2.24) is 5.32 Å². The van der Waals surface area contributed by atoms with Crippen molar-refractivity contribution in [3.05, 3.63) is 29.8 Å². The molecule has 0 saturated heterocycles. The number of hydrogen-bond donors (Lipinski definition) is 2. The lowest BCUT2D eigenvalue weighted by atomic mass is 9.80. The van der Waals surface area contributed by atoms with Crippen LogP contribution in [0.4, 0.5) is 5.69 Å². The molecule has 0 aliphatic carbocycles. The molecule has 0 aromatic heterocycles. The van der Waals surface area contributed by atoms with Gasteiger partial charge in [-0.05, 0) is 18.1 Å². The highest BCUT2D eigenvalue weighted by atomic mass is 16.3. The first-order chi connectivity index (χ1) is 11.1. The van der Waals surface area contributed by atoms with Gasteiger partial charge in [0.15, 0.2) is 0 Å². The zero-order chi connectivity index (χ0) is 18.5. The first-order valence-corrected chi connectivity index (χ1v) is 8.43. The van der Waals surface area contributed by atoms with E-state index in [0.29, 0.717) is 24.2 Å². The normalized spacial score (nSPS) is 12.8. The Morgan fingerprint density at radius 2 is 1.83 bits per heavy atom. The van der Waals surface area contributed by atoms with E-state index in [4.69, 9.17) is 0 Å². The molecule has 2 amide bonds. The maximum atomic E-state index is 12.6. The zero-order valence-corrected chi connectivity index (χ0v) is 15.6. The molecule has 2 N–H and O–H groups in total. The maximum absolute atomic E-state index is 12.6. The monoisotopic (exact) mass is 334 g/mol. The molecule has 0 fully saturated rings. The number of nitrogens with zero attached hydrogens (tertiary/aromatic N) is 1. The van der Waals surface area contributed by atoms with Crippen LogP contribution in [0.5, 0.6) is 0 Å². The van der Waals surface area contributed by atoms with E-state index in [-0.39, 0.29) is 17.7 Å². The molecule has 1 aromatic carbocycles. The number of hydrogen-bond acceptors (Lipinski definition) is 3. The van der Waals surface area contributed by atoms with Gasteiger partial charge in [0, 0.05) is 25.4 Å². The van der Waals surface area contributed by atoms with E-state index in [1.54, 1.807) is 38.2 Å². The molecular formula is C19H30N2O3. The Hall–Kier alpha value is -1.88. The van der Waals surface area contributed by atoms with E-state index in [1.807, 2.05) is 27.7 Å². The molecule has 0 saturated carbocycles. The van der Waals surface area contributed by atoms with E-state index in [9.17, 15) is 14.7 Å². The molecule has 1 unspecified atom stereocenters. The second-order valence-electron chi connectivity index (χ2n) is 7.18. The Balaban J connectivity index is 2.92. The standard InChI is InChI=1S/C19H30N2O3/c1-7-16(22)21(6)15-11-9-8-10-14(15)18(24)20-12-19(4,5)17(23)13(2)3/h8-11,13,17,23H,7,12H2,1-6H3,(H,20,24). The van der Waals surface area contributed by atoms with E-state index in [2.05, 4.69) is 5.32 Å². The molecule has 5 heteroatoms. The fraction of sp³-hybridized carbons (Fsp3) is 0.579. The Kier molecular flexibility index (Phi) is 6.96. The summed E-state index contributed by atoms with van der Waals surface area (Å²) in [5.41, 5.74) is 0.602. The van der Waals surface area contributed by atoms with Crippen molar-refractivity contribution < 1.29 is 14.7 Å². The van der Waals surface area contributed by atoms with Crippen LogP contribution in [-0.4, -0.2) is 36.6 Å². The quantitative estimate of drug-likeness (QED) is 0.805. The average molecular weight is 334 g/mol. The van der Waals surface area contributed by atoms with Gasteiger partial charge in [-0.25, -0.2) is 0 Å². The minimum absolute atomic E-state index is 0.0502. The molecule has 1 aromatic rings. The van der Waals surface area contributed by atoms with Crippen molar-refractivity contribution in [2.75, 3.05) is 18.5 Å². The first kappa shape index (κ1) is 20.2. The number of amides is 2. The largest absolute Gasteiger partial charge is 0.392 e. The molecule has 5 nitrogen and oxygen atoms in total. The summed E-state index contributed by atoms with van der Waals surface area (Å²) in [5.74, 6) is -0.186. The third-order valence-corrected chi connectivity index (χ3v) is 4.32. The average Bonchev–Trinajstić information content (AvgIpc) is 2.57. The van der Waals surface area contributed by atoms with E-state index < -0.39 is 11.5 Å². The number of rotatable bonds is 7. The van der Waals surface area contributed by atoms with Gasteiger partial charge in [0.2, 0.25) is 5.91 Å². The molecule has 134 valence electrons. The summed E-state index contributed by atoms with van der Waals surface area (Å²) in [4.78, 5) is 26.0. The summed E-state index contributed by atoms with van der Waals surface area (Å²) in [7, 11) is 1.67. The topological polar surface area (TPSA) is 69.6 Å². The number of aliphatic hydroxyl groups excluding tert-OH is 1.